The lowest BCUT2D eigenvalue weighted by Gasteiger charge is -2.29. The minimum absolute atomic E-state index is 0.0232. The lowest BCUT2D eigenvalue weighted by molar-refractivity contribution is -0.384. The van der Waals surface area contributed by atoms with Gasteiger partial charge in [0.25, 0.3) is 5.69 Å². The SMILES string of the molecule is O=C1[C@H]2[C@H](Cc3ccc(O)cc3)N[C@@]3(C(=O)Nc4ccc(F)cc43)[C@@H]2C(=O)N1c1cccc([N+](=O)[O-])c1. The van der Waals surface area contributed by atoms with Gasteiger partial charge in [0.2, 0.25) is 17.7 Å². The number of halogens is 1. The summed E-state index contributed by atoms with van der Waals surface area (Å²) in [6, 6.07) is 14.5. The number of hydrogen-bond donors (Lipinski definition) is 3. The number of carbonyl (C=O) groups excluding carboxylic acids is 3. The monoisotopic (exact) mass is 502 g/mol. The summed E-state index contributed by atoms with van der Waals surface area (Å²) in [4.78, 5) is 52.8. The lowest BCUT2D eigenvalue weighted by Crippen LogP contribution is -2.53. The zero-order valence-corrected chi connectivity index (χ0v) is 19.1. The third-order valence-electron chi connectivity index (χ3n) is 7.37. The molecule has 3 aromatic rings. The largest absolute Gasteiger partial charge is 0.508 e. The van der Waals surface area contributed by atoms with Crippen molar-refractivity contribution in [3.05, 3.63) is 93.8 Å². The number of fused-ring (bicyclic) bond motifs is 4. The van der Waals surface area contributed by atoms with Gasteiger partial charge in [0.15, 0.2) is 0 Å². The number of amides is 3. The summed E-state index contributed by atoms with van der Waals surface area (Å²) in [5.74, 6) is -4.68. The van der Waals surface area contributed by atoms with Crippen LogP contribution in [0.5, 0.6) is 5.75 Å². The Morgan fingerprint density at radius 2 is 1.78 bits per heavy atom. The van der Waals surface area contributed by atoms with Crippen LogP contribution in [0.1, 0.15) is 11.1 Å². The highest BCUT2D eigenvalue weighted by Gasteiger charge is 2.70. The number of aromatic hydroxyl groups is 1. The van der Waals surface area contributed by atoms with Gasteiger partial charge in [-0.1, -0.05) is 18.2 Å². The van der Waals surface area contributed by atoms with Crippen molar-refractivity contribution in [2.75, 3.05) is 10.2 Å². The van der Waals surface area contributed by atoms with Crippen LogP contribution in [0.25, 0.3) is 0 Å². The van der Waals surface area contributed by atoms with Crippen LogP contribution >= 0.6 is 0 Å². The predicted octanol–water partition coefficient (Wildman–Crippen LogP) is 2.61. The van der Waals surface area contributed by atoms with Crippen LogP contribution in [0, 0.1) is 27.8 Å². The maximum atomic E-state index is 14.4. The number of carbonyl (C=O) groups is 3. The molecule has 4 atom stereocenters. The van der Waals surface area contributed by atoms with E-state index in [2.05, 4.69) is 10.6 Å². The van der Waals surface area contributed by atoms with Crippen molar-refractivity contribution in [3.8, 4) is 5.75 Å². The number of rotatable bonds is 4. The number of nitrogens with one attached hydrogen (secondary N) is 2. The Morgan fingerprint density at radius 1 is 1.03 bits per heavy atom. The maximum Gasteiger partial charge on any atom is 0.271 e. The number of benzene rings is 3. The Balaban J connectivity index is 1.49. The number of nitro groups is 1. The molecule has 0 bridgehead atoms. The Morgan fingerprint density at radius 3 is 2.51 bits per heavy atom. The molecule has 3 aromatic carbocycles. The first-order chi connectivity index (χ1) is 17.7. The fourth-order valence-corrected chi connectivity index (χ4v) is 5.84. The second-order valence-electron chi connectivity index (χ2n) is 9.37. The Kier molecular flexibility index (Phi) is 4.89. The van der Waals surface area contributed by atoms with Crippen molar-refractivity contribution in [2.24, 2.45) is 11.8 Å². The van der Waals surface area contributed by atoms with Gasteiger partial charge in [0.1, 0.15) is 17.1 Å². The van der Waals surface area contributed by atoms with Crippen LogP contribution in [0.4, 0.5) is 21.5 Å². The van der Waals surface area contributed by atoms with Gasteiger partial charge in [-0.15, -0.1) is 0 Å². The topological polar surface area (TPSA) is 142 Å². The van der Waals surface area contributed by atoms with Crippen molar-refractivity contribution in [3.63, 3.8) is 0 Å². The number of non-ortho nitro benzene ring substituents is 1. The molecule has 6 rings (SSSR count). The van der Waals surface area contributed by atoms with Gasteiger partial charge in [-0.05, 0) is 48.4 Å². The molecule has 0 aliphatic carbocycles. The number of imide groups is 1. The first-order valence-corrected chi connectivity index (χ1v) is 11.5. The third kappa shape index (κ3) is 3.24. The molecule has 0 unspecified atom stereocenters. The van der Waals surface area contributed by atoms with E-state index >= 15 is 0 Å². The van der Waals surface area contributed by atoms with Gasteiger partial charge < -0.3 is 10.4 Å². The molecule has 0 radical (unpaired) electrons. The number of nitrogens with zero attached hydrogens (tertiary/aromatic N) is 2. The van der Waals surface area contributed by atoms with E-state index < -0.39 is 51.9 Å². The lowest BCUT2D eigenvalue weighted by atomic mass is 9.76. The summed E-state index contributed by atoms with van der Waals surface area (Å²) < 4.78 is 14.4. The van der Waals surface area contributed by atoms with Crippen molar-refractivity contribution >= 4 is 34.8 Å². The van der Waals surface area contributed by atoms with Crippen molar-refractivity contribution in [1.29, 1.82) is 0 Å². The van der Waals surface area contributed by atoms with E-state index in [1.807, 2.05) is 0 Å². The molecule has 186 valence electrons. The Bertz CT molecular complexity index is 1510. The van der Waals surface area contributed by atoms with Gasteiger partial charge >= 0.3 is 0 Å². The standard InChI is InChI=1S/C26H19FN4O6/c27-14-6-9-19-18(11-14)26(25(35)28-19)22-21(20(29-26)10-13-4-7-17(32)8-5-13)23(33)30(24(22)34)15-2-1-3-16(12-15)31(36)37/h1-9,11-12,20-22,29,32H,10H2,(H,28,35)/t20-,21-,22-,26+/m0/s1. The highest BCUT2D eigenvalue weighted by molar-refractivity contribution is 6.25. The van der Waals surface area contributed by atoms with E-state index in [1.165, 1.54) is 48.5 Å². The molecule has 2 saturated heterocycles. The van der Waals surface area contributed by atoms with Crippen LogP contribution in [0.2, 0.25) is 0 Å². The minimum atomic E-state index is -1.72. The molecule has 2 fully saturated rings. The van der Waals surface area contributed by atoms with Crippen LogP contribution < -0.4 is 15.5 Å². The average Bonchev–Trinajstić information content (AvgIpc) is 3.45. The number of phenolic OH excluding ortho intramolecular Hbond substituents is 1. The maximum absolute atomic E-state index is 14.4. The average molecular weight is 502 g/mol. The number of hydrogen-bond acceptors (Lipinski definition) is 7. The highest BCUT2D eigenvalue weighted by Crippen LogP contribution is 2.54. The predicted molar refractivity (Wildman–Crippen MR) is 128 cm³/mol. The zero-order valence-electron chi connectivity index (χ0n) is 19.1. The van der Waals surface area contributed by atoms with Crippen LogP contribution in [-0.4, -0.2) is 33.8 Å². The van der Waals surface area contributed by atoms with Crippen LogP contribution in [-0.2, 0) is 26.3 Å². The van der Waals surface area contributed by atoms with E-state index in [0.717, 1.165) is 16.5 Å². The quantitative estimate of drug-likeness (QED) is 0.283. The van der Waals surface area contributed by atoms with E-state index in [4.69, 9.17) is 0 Å². The summed E-state index contributed by atoms with van der Waals surface area (Å²) in [6.45, 7) is 0. The molecule has 3 aliphatic rings. The van der Waals surface area contributed by atoms with E-state index in [9.17, 15) is 34.0 Å². The van der Waals surface area contributed by atoms with Crippen molar-refractivity contribution < 1.29 is 28.8 Å². The molecule has 3 N–H and O–H groups in total. The van der Waals surface area contributed by atoms with E-state index in [0.29, 0.717) is 5.69 Å². The molecular weight excluding hydrogens is 483 g/mol. The first kappa shape index (κ1) is 22.8. The van der Waals surface area contributed by atoms with Gasteiger partial charge in [0, 0.05) is 29.4 Å². The smallest absolute Gasteiger partial charge is 0.271 e. The molecule has 1 spiro atoms. The normalized spacial score (nSPS) is 25.9. The van der Waals surface area contributed by atoms with Gasteiger partial charge in [-0.25, -0.2) is 9.29 Å². The molecule has 11 heteroatoms. The molecule has 3 amide bonds. The zero-order chi connectivity index (χ0) is 26.1. The summed E-state index contributed by atoms with van der Waals surface area (Å²) in [6.07, 6.45) is 0.225. The molecular formula is C26H19FN4O6. The number of nitro benzene ring substituents is 1. The molecule has 0 saturated carbocycles. The molecule has 3 aliphatic heterocycles. The molecule has 0 aromatic heterocycles. The van der Waals surface area contributed by atoms with Crippen LogP contribution in [0.3, 0.4) is 0 Å². The fraction of sp³-hybridized carbons (Fsp3) is 0.192. The number of phenols is 1. The van der Waals surface area contributed by atoms with Gasteiger partial charge in [0.05, 0.1) is 22.4 Å². The Hall–Kier alpha value is -4.64. The number of anilines is 2. The second kappa shape index (κ2) is 7.93. The minimum Gasteiger partial charge on any atom is -0.508 e. The Labute approximate surface area is 208 Å². The van der Waals surface area contributed by atoms with Crippen molar-refractivity contribution in [2.45, 2.75) is 18.0 Å². The fourth-order valence-electron chi connectivity index (χ4n) is 5.84. The first-order valence-electron chi connectivity index (χ1n) is 11.5. The molecule has 3 heterocycles. The molecule has 10 nitrogen and oxygen atoms in total. The van der Waals surface area contributed by atoms with E-state index in [1.54, 1.807) is 12.1 Å². The second-order valence-corrected chi connectivity index (χ2v) is 9.37. The summed E-state index contributed by atoms with van der Waals surface area (Å²) in [5.41, 5.74) is -0.700. The molecule has 37 heavy (non-hydrogen) atoms. The highest BCUT2D eigenvalue weighted by atomic mass is 19.1. The van der Waals surface area contributed by atoms with Gasteiger partial charge in [-0.3, -0.25) is 29.8 Å². The van der Waals surface area contributed by atoms with Crippen LogP contribution in [0.15, 0.2) is 66.7 Å². The summed E-state index contributed by atoms with van der Waals surface area (Å²) in [5, 5.41) is 26.9. The van der Waals surface area contributed by atoms with Crippen molar-refractivity contribution in [1.82, 2.24) is 5.32 Å². The summed E-state index contributed by atoms with van der Waals surface area (Å²) >= 11 is 0. The van der Waals surface area contributed by atoms with Gasteiger partial charge in [-0.2, -0.15) is 0 Å². The van der Waals surface area contributed by atoms with E-state index in [-0.39, 0.29) is 29.1 Å². The third-order valence-corrected chi connectivity index (χ3v) is 7.37. The summed E-state index contributed by atoms with van der Waals surface area (Å²) in [7, 11) is 0.